The highest BCUT2D eigenvalue weighted by molar-refractivity contribution is 5.80. The summed E-state index contributed by atoms with van der Waals surface area (Å²) in [5.41, 5.74) is 3.08. The third kappa shape index (κ3) is 4.52. The van der Waals surface area contributed by atoms with E-state index in [1.807, 2.05) is 55.1 Å². The molecule has 0 aromatic heterocycles. The highest BCUT2D eigenvalue weighted by atomic mass is 16.5. The first kappa shape index (κ1) is 22.0. The number of nitrogens with one attached hydrogen (secondary N) is 1. The number of rotatable bonds is 2. The third-order valence-corrected chi connectivity index (χ3v) is 5.88. The lowest BCUT2D eigenvalue weighted by molar-refractivity contribution is -0.136. The predicted molar refractivity (Wildman–Crippen MR) is 120 cm³/mol. The molecule has 3 aliphatic heterocycles. The Morgan fingerprint density at radius 2 is 2.06 bits per heavy atom. The normalized spacial score (nSPS) is 18.6. The standard InChI is InChI=1S/C25H30N2O5/c1-16(2)25(29)27-10-8-17-13-22-21(30-3)14-20(17)24(27)18-6-4-7-19(12-18)31-11-5-9-26-23(28)15-32-22/h4,6-7,12-14,16,24H,5,8-11,15H2,1-3H3,(H,26,28). The average Bonchev–Trinajstić information content (AvgIpc) is 2.80. The van der Waals surface area contributed by atoms with Crippen molar-refractivity contribution in [3.8, 4) is 17.2 Å². The molecule has 2 amide bonds. The number of benzene rings is 2. The van der Waals surface area contributed by atoms with Gasteiger partial charge in [-0.15, -0.1) is 0 Å². The molecule has 2 aromatic rings. The van der Waals surface area contributed by atoms with Crippen LogP contribution in [0.5, 0.6) is 17.2 Å². The van der Waals surface area contributed by atoms with E-state index >= 15 is 0 Å². The van der Waals surface area contributed by atoms with E-state index in [2.05, 4.69) is 5.32 Å². The zero-order valence-electron chi connectivity index (χ0n) is 18.8. The van der Waals surface area contributed by atoms with Gasteiger partial charge in [0.25, 0.3) is 5.91 Å². The van der Waals surface area contributed by atoms with Gasteiger partial charge in [0, 0.05) is 19.0 Å². The summed E-state index contributed by atoms with van der Waals surface area (Å²) in [5.74, 6) is 1.63. The van der Waals surface area contributed by atoms with E-state index in [0.717, 1.165) is 22.4 Å². The van der Waals surface area contributed by atoms with Crippen LogP contribution >= 0.6 is 0 Å². The molecule has 0 aliphatic carbocycles. The van der Waals surface area contributed by atoms with Crippen LogP contribution in [0.2, 0.25) is 0 Å². The number of ether oxygens (including phenoxy) is 3. The number of amides is 2. The van der Waals surface area contributed by atoms with Crippen LogP contribution in [0.25, 0.3) is 0 Å². The number of nitrogens with zero attached hydrogens (tertiary/aromatic N) is 1. The van der Waals surface area contributed by atoms with Crippen molar-refractivity contribution in [1.82, 2.24) is 10.2 Å². The molecule has 32 heavy (non-hydrogen) atoms. The van der Waals surface area contributed by atoms with E-state index in [1.165, 1.54) is 0 Å². The number of methoxy groups -OCH3 is 1. The quantitative estimate of drug-likeness (QED) is 0.780. The molecular weight excluding hydrogens is 408 g/mol. The largest absolute Gasteiger partial charge is 0.494 e. The summed E-state index contributed by atoms with van der Waals surface area (Å²) < 4.78 is 17.3. The Morgan fingerprint density at radius 3 is 2.84 bits per heavy atom. The molecule has 170 valence electrons. The minimum absolute atomic E-state index is 0.0869. The lowest BCUT2D eigenvalue weighted by Gasteiger charge is -2.39. The number of carbonyl (C=O) groups is 2. The maximum absolute atomic E-state index is 13.1. The smallest absolute Gasteiger partial charge is 0.257 e. The zero-order valence-corrected chi connectivity index (χ0v) is 18.8. The molecule has 0 saturated heterocycles. The van der Waals surface area contributed by atoms with Gasteiger partial charge in [0.2, 0.25) is 5.91 Å². The second-order valence-corrected chi connectivity index (χ2v) is 8.45. The van der Waals surface area contributed by atoms with Crippen LogP contribution in [0, 0.1) is 5.92 Å². The van der Waals surface area contributed by atoms with Crippen molar-refractivity contribution in [3.05, 3.63) is 53.1 Å². The van der Waals surface area contributed by atoms with Crippen molar-refractivity contribution >= 4 is 11.8 Å². The molecule has 1 atom stereocenters. The number of carbonyl (C=O) groups excluding carboxylic acids is 2. The minimum atomic E-state index is -0.253. The molecule has 0 radical (unpaired) electrons. The molecule has 1 unspecified atom stereocenters. The van der Waals surface area contributed by atoms with Gasteiger partial charge < -0.3 is 24.4 Å². The van der Waals surface area contributed by atoms with Crippen molar-refractivity contribution < 1.29 is 23.8 Å². The Labute approximate surface area is 188 Å². The molecule has 2 aromatic carbocycles. The Balaban J connectivity index is 1.85. The van der Waals surface area contributed by atoms with Gasteiger partial charge in [0.15, 0.2) is 18.1 Å². The van der Waals surface area contributed by atoms with Gasteiger partial charge in [-0.2, -0.15) is 0 Å². The number of fused-ring (bicyclic) bond motifs is 8. The van der Waals surface area contributed by atoms with Crippen molar-refractivity contribution in [2.45, 2.75) is 32.7 Å². The average molecular weight is 439 g/mol. The molecule has 7 heteroatoms. The first-order chi connectivity index (χ1) is 15.5. The molecule has 7 nitrogen and oxygen atoms in total. The summed E-state index contributed by atoms with van der Waals surface area (Å²) in [4.78, 5) is 27.3. The Kier molecular flexibility index (Phi) is 6.53. The summed E-state index contributed by atoms with van der Waals surface area (Å²) in [6.45, 7) is 5.35. The minimum Gasteiger partial charge on any atom is -0.494 e. The Morgan fingerprint density at radius 1 is 1.22 bits per heavy atom. The second-order valence-electron chi connectivity index (χ2n) is 8.45. The maximum Gasteiger partial charge on any atom is 0.257 e. The zero-order chi connectivity index (χ0) is 22.7. The van der Waals surface area contributed by atoms with Crippen LogP contribution in [-0.2, 0) is 16.0 Å². The van der Waals surface area contributed by atoms with Gasteiger partial charge in [-0.1, -0.05) is 26.0 Å². The molecule has 6 bridgehead atoms. The van der Waals surface area contributed by atoms with Gasteiger partial charge in [-0.05, 0) is 53.8 Å². The van der Waals surface area contributed by atoms with Gasteiger partial charge >= 0.3 is 0 Å². The molecule has 0 fully saturated rings. The molecule has 0 spiro atoms. The van der Waals surface area contributed by atoms with Crippen molar-refractivity contribution in [2.75, 3.05) is 33.4 Å². The summed E-state index contributed by atoms with van der Waals surface area (Å²) >= 11 is 0. The summed E-state index contributed by atoms with van der Waals surface area (Å²) in [6.07, 6.45) is 1.38. The third-order valence-electron chi connectivity index (χ3n) is 5.88. The van der Waals surface area contributed by atoms with E-state index in [9.17, 15) is 9.59 Å². The van der Waals surface area contributed by atoms with E-state index < -0.39 is 0 Å². The topological polar surface area (TPSA) is 77.1 Å². The molecule has 1 N–H and O–H groups in total. The molecule has 0 saturated carbocycles. The highest BCUT2D eigenvalue weighted by Crippen LogP contribution is 2.42. The van der Waals surface area contributed by atoms with E-state index in [1.54, 1.807) is 7.11 Å². The first-order valence-corrected chi connectivity index (χ1v) is 11.1. The van der Waals surface area contributed by atoms with Gasteiger partial charge in [-0.3, -0.25) is 9.59 Å². The summed E-state index contributed by atoms with van der Waals surface area (Å²) in [7, 11) is 1.58. The Bertz CT molecular complexity index is 1000. The highest BCUT2D eigenvalue weighted by Gasteiger charge is 2.34. The van der Waals surface area contributed by atoms with E-state index in [4.69, 9.17) is 14.2 Å². The van der Waals surface area contributed by atoms with Gasteiger partial charge in [0.05, 0.1) is 19.8 Å². The van der Waals surface area contributed by atoms with Crippen LogP contribution in [0.15, 0.2) is 36.4 Å². The van der Waals surface area contributed by atoms with E-state index in [-0.39, 0.29) is 30.4 Å². The predicted octanol–water partition coefficient (Wildman–Crippen LogP) is 3.10. The van der Waals surface area contributed by atoms with Crippen LogP contribution < -0.4 is 19.5 Å². The lowest BCUT2D eigenvalue weighted by Crippen LogP contribution is -2.42. The summed E-state index contributed by atoms with van der Waals surface area (Å²) in [5, 5.41) is 2.85. The fourth-order valence-electron chi connectivity index (χ4n) is 4.29. The van der Waals surface area contributed by atoms with Gasteiger partial charge in [-0.25, -0.2) is 0 Å². The van der Waals surface area contributed by atoms with Crippen LogP contribution in [0.4, 0.5) is 0 Å². The van der Waals surface area contributed by atoms with Crippen LogP contribution in [0.1, 0.15) is 43.0 Å². The van der Waals surface area contributed by atoms with Crippen LogP contribution in [-0.4, -0.2) is 50.1 Å². The molecule has 5 rings (SSSR count). The van der Waals surface area contributed by atoms with Crippen molar-refractivity contribution in [2.24, 2.45) is 5.92 Å². The number of hydrogen-bond donors (Lipinski definition) is 1. The number of hydrogen-bond acceptors (Lipinski definition) is 5. The Hall–Kier alpha value is -3.22. The monoisotopic (exact) mass is 438 g/mol. The maximum atomic E-state index is 13.1. The molecule has 3 aliphatic rings. The SMILES string of the molecule is COc1cc2c3cc1OCC(=O)NCCCOc1cccc(c1)C2N(C(=O)C(C)C)CC3. The van der Waals surface area contributed by atoms with Crippen molar-refractivity contribution in [3.63, 3.8) is 0 Å². The van der Waals surface area contributed by atoms with E-state index in [0.29, 0.717) is 44.0 Å². The fraction of sp³-hybridized carbons (Fsp3) is 0.440. The fourth-order valence-corrected chi connectivity index (χ4v) is 4.29. The first-order valence-electron chi connectivity index (χ1n) is 11.1. The van der Waals surface area contributed by atoms with Gasteiger partial charge in [0.1, 0.15) is 5.75 Å². The van der Waals surface area contributed by atoms with Crippen molar-refractivity contribution in [1.29, 1.82) is 0 Å². The second kappa shape index (κ2) is 9.51. The summed E-state index contributed by atoms with van der Waals surface area (Å²) in [6, 6.07) is 11.5. The molecule has 3 heterocycles. The van der Waals surface area contributed by atoms with Crippen LogP contribution in [0.3, 0.4) is 0 Å². The lowest BCUT2D eigenvalue weighted by atomic mass is 9.87. The molecular formula is C25H30N2O5.